The number of carbonyl (C=O) groups is 1. The lowest BCUT2D eigenvalue weighted by molar-refractivity contribution is -0.0227. The molecule has 1 aliphatic rings. The summed E-state index contributed by atoms with van der Waals surface area (Å²) in [6, 6.07) is 16.2. The van der Waals surface area contributed by atoms with Crippen molar-refractivity contribution in [3.63, 3.8) is 0 Å². The molecule has 1 saturated heterocycles. The molecular weight excluding hydrogens is 378 g/mol. The van der Waals surface area contributed by atoms with Crippen LogP contribution in [0.25, 0.3) is 16.3 Å². The molecule has 4 aromatic rings. The van der Waals surface area contributed by atoms with E-state index in [1.807, 2.05) is 48.4 Å². The third-order valence-corrected chi connectivity index (χ3v) is 5.77. The Morgan fingerprint density at radius 3 is 2.87 bits per heavy atom. The van der Waals surface area contributed by atoms with Gasteiger partial charge in [0, 0.05) is 12.7 Å². The summed E-state index contributed by atoms with van der Waals surface area (Å²) in [5.41, 5.74) is 3.61. The Kier molecular flexibility index (Phi) is 4.64. The number of pyridine rings is 1. The SMILES string of the molecule is COc1ccc2cc(C3CN(C(=O)c4cnn5cccc(C)c45)CCO3)ccc2c1. The second-order valence-electron chi connectivity index (χ2n) is 7.63. The van der Waals surface area contributed by atoms with Gasteiger partial charge in [-0.05, 0) is 53.1 Å². The van der Waals surface area contributed by atoms with Gasteiger partial charge in [0.15, 0.2) is 0 Å². The number of methoxy groups -OCH3 is 1. The van der Waals surface area contributed by atoms with Gasteiger partial charge in [-0.25, -0.2) is 4.52 Å². The summed E-state index contributed by atoms with van der Waals surface area (Å²) < 4.78 is 13.1. The normalized spacial score (nSPS) is 16.9. The van der Waals surface area contributed by atoms with Gasteiger partial charge in [0.1, 0.15) is 11.9 Å². The summed E-state index contributed by atoms with van der Waals surface area (Å²) in [7, 11) is 1.67. The van der Waals surface area contributed by atoms with Gasteiger partial charge in [0.2, 0.25) is 0 Å². The topological polar surface area (TPSA) is 56.1 Å². The maximum atomic E-state index is 13.3. The molecule has 0 aliphatic carbocycles. The molecule has 0 spiro atoms. The molecule has 0 radical (unpaired) electrons. The molecule has 3 heterocycles. The second kappa shape index (κ2) is 7.46. The third kappa shape index (κ3) is 3.19. The van der Waals surface area contributed by atoms with E-state index in [-0.39, 0.29) is 12.0 Å². The van der Waals surface area contributed by atoms with Crippen LogP contribution in [0.1, 0.15) is 27.6 Å². The summed E-state index contributed by atoms with van der Waals surface area (Å²) in [5.74, 6) is 0.836. The predicted molar refractivity (Wildman–Crippen MR) is 115 cm³/mol. The molecule has 1 atom stereocenters. The van der Waals surface area contributed by atoms with E-state index in [2.05, 4.69) is 23.3 Å². The van der Waals surface area contributed by atoms with Crippen LogP contribution in [0.3, 0.4) is 0 Å². The fraction of sp³-hybridized carbons (Fsp3) is 0.250. The van der Waals surface area contributed by atoms with Gasteiger partial charge in [0.25, 0.3) is 5.91 Å². The van der Waals surface area contributed by atoms with Crippen LogP contribution in [0.2, 0.25) is 0 Å². The minimum absolute atomic E-state index is 0.00174. The molecule has 152 valence electrons. The number of ether oxygens (including phenoxy) is 2. The number of hydrogen-bond donors (Lipinski definition) is 0. The molecule has 6 nitrogen and oxygen atoms in total. The number of nitrogens with zero attached hydrogens (tertiary/aromatic N) is 3. The van der Waals surface area contributed by atoms with E-state index < -0.39 is 0 Å². The van der Waals surface area contributed by atoms with Gasteiger partial charge in [-0.1, -0.05) is 24.3 Å². The smallest absolute Gasteiger partial charge is 0.257 e. The van der Waals surface area contributed by atoms with Gasteiger partial charge in [-0.15, -0.1) is 0 Å². The fourth-order valence-corrected chi connectivity index (χ4v) is 4.15. The number of rotatable bonds is 3. The molecule has 2 aromatic carbocycles. The molecule has 6 heteroatoms. The maximum absolute atomic E-state index is 13.3. The molecule has 1 fully saturated rings. The number of aromatic nitrogens is 2. The van der Waals surface area contributed by atoms with Gasteiger partial charge in [-0.2, -0.15) is 5.10 Å². The molecule has 2 aromatic heterocycles. The summed E-state index contributed by atoms with van der Waals surface area (Å²) in [4.78, 5) is 15.2. The van der Waals surface area contributed by atoms with E-state index >= 15 is 0 Å². The molecule has 5 rings (SSSR count). The first-order valence-corrected chi connectivity index (χ1v) is 10.1. The molecular formula is C24H23N3O3. The Hall–Kier alpha value is -3.38. The van der Waals surface area contributed by atoms with Crippen molar-refractivity contribution in [2.24, 2.45) is 0 Å². The van der Waals surface area contributed by atoms with Gasteiger partial charge >= 0.3 is 0 Å². The van der Waals surface area contributed by atoms with Crippen molar-refractivity contribution in [1.29, 1.82) is 0 Å². The molecule has 1 aliphatic heterocycles. The van der Waals surface area contributed by atoms with Crippen LogP contribution in [0.4, 0.5) is 0 Å². The van der Waals surface area contributed by atoms with Crippen molar-refractivity contribution >= 4 is 22.2 Å². The Morgan fingerprint density at radius 2 is 2.00 bits per heavy atom. The number of benzene rings is 2. The zero-order valence-electron chi connectivity index (χ0n) is 17.0. The van der Waals surface area contributed by atoms with Crippen molar-refractivity contribution < 1.29 is 14.3 Å². The Labute approximate surface area is 174 Å². The van der Waals surface area contributed by atoms with Crippen LogP contribution in [-0.4, -0.2) is 47.2 Å². The van der Waals surface area contributed by atoms with Crippen molar-refractivity contribution in [1.82, 2.24) is 14.5 Å². The number of carbonyl (C=O) groups excluding carboxylic acids is 1. The van der Waals surface area contributed by atoms with E-state index in [0.29, 0.717) is 25.3 Å². The fourth-order valence-electron chi connectivity index (χ4n) is 4.15. The number of morpholine rings is 1. The van der Waals surface area contributed by atoms with Crippen LogP contribution in [0, 0.1) is 6.92 Å². The quantitative estimate of drug-likeness (QED) is 0.520. The van der Waals surface area contributed by atoms with Crippen LogP contribution in [-0.2, 0) is 4.74 Å². The molecule has 0 bridgehead atoms. The highest BCUT2D eigenvalue weighted by atomic mass is 16.5. The first-order chi connectivity index (χ1) is 14.6. The number of aryl methyl sites for hydroxylation is 1. The average molecular weight is 401 g/mol. The molecule has 30 heavy (non-hydrogen) atoms. The Balaban J connectivity index is 1.41. The van der Waals surface area contributed by atoms with E-state index in [4.69, 9.17) is 9.47 Å². The van der Waals surface area contributed by atoms with Crippen molar-refractivity contribution in [2.45, 2.75) is 13.0 Å². The highest BCUT2D eigenvalue weighted by Gasteiger charge is 2.28. The summed E-state index contributed by atoms with van der Waals surface area (Å²) >= 11 is 0. The third-order valence-electron chi connectivity index (χ3n) is 5.77. The minimum atomic E-state index is -0.155. The van der Waals surface area contributed by atoms with E-state index in [1.165, 1.54) is 0 Å². The molecule has 0 N–H and O–H groups in total. The lowest BCUT2D eigenvalue weighted by Gasteiger charge is -2.33. The zero-order valence-corrected chi connectivity index (χ0v) is 17.0. The second-order valence-corrected chi connectivity index (χ2v) is 7.63. The first kappa shape index (κ1) is 18.6. The predicted octanol–water partition coefficient (Wildman–Crippen LogP) is 4.02. The number of hydrogen-bond acceptors (Lipinski definition) is 4. The van der Waals surface area contributed by atoms with Crippen molar-refractivity contribution in [3.8, 4) is 5.75 Å². The number of fused-ring (bicyclic) bond motifs is 2. The summed E-state index contributed by atoms with van der Waals surface area (Å²) in [6.45, 7) is 3.60. The summed E-state index contributed by atoms with van der Waals surface area (Å²) in [6.07, 6.45) is 3.38. The Bertz CT molecular complexity index is 1250. The highest BCUT2D eigenvalue weighted by molar-refractivity contribution is 6.01. The van der Waals surface area contributed by atoms with Gasteiger partial charge in [0.05, 0.1) is 37.5 Å². The van der Waals surface area contributed by atoms with Gasteiger partial charge < -0.3 is 14.4 Å². The van der Waals surface area contributed by atoms with Crippen LogP contribution >= 0.6 is 0 Å². The maximum Gasteiger partial charge on any atom is 0.257 e. The van der Waals surface area contributed by atoms with E-state index in [1.54, 1.807) is 17.8 Å². The lowest BCUT2D eigenvalue weighted by atomic mass is 10.0. The van der Waals surface area contributed by atoms with E-state index in [9.17, 15) is 4.79 Å². The number of amides is 1. The zero-order chi connectivity index (χ0) is 20.7. The monoisotopic (exact) mass is 401 g/mol. The van der Waals surface area contributed by atoms with Crippen LogP contribution in [0.5, 0.6) is 5.75 Å². The lowest BCUT2D eigenvalue weighted by Crippen LogP contribution is -2.42. The standard InChI is InChI=1S/C24H23N3O3/c1-16-4-3-9-27-23(16)21(14-25-27)24(28)26-10-11-30-22(15-26)19-6-5-18-13-20(29-2)8-7-17(18)12-19/h3-9,12-14,22H,10-11,15H2,1-2H3. The minimum Gasteiger partial charge on any atom is -0.497 e. The highest BCUT2D eigenvalue weighted by Crippen LogP contribution is 2.29. The van der Waals surface area contributed by atoms with Gasteiger partial charge in [-0.3, -0.25) is 4.79 Å². The summed E-state index contributed by atoms with van der Waals surface area (Å²) in [5, 5.41) is 6.59. The average Bonchev–Trinajstić information content (AvgIpc) is 3.23. The van der Waals surface area contributed by atoms with Crippen LogP contribution < -0.4 is 4.74 Å². The Morgan fingerprint density at radius 1 is 1.17 bits per heavy atom. The van der Waals surface area contributed by atoms with E-state index in [0.717, 1.165) is 33.2 Å². The largest absolute Gasteiger partial charge is 0.497 e. The molecule has 1 unspecified atom stereocenters. The molecule has 1 amide bonds. The van der Waals surface area contributed by atoms with Crippen molar-refractivity contribution in [2.75, 3.05) is 26.8 Å². The van der Waals surface area contributed by atoms with Crippen LogP contribution in [0.15, 0.2) is 60.9 Å². The van der Waals surface area contributed by atoms with Crippen molar-refractivity contribution in [3.05, 3.63) is 77.6 Å². The first-order valence-electron chi connectivity index (χ1n) is 10.1. The molecule has 0 saturated carbocycles.